The van der Waals surface area contributed by atoms with Crippen molar-refractivity contribution in [3.8, 4) is 11.5 Å². The maximum atomic E-state index is 11.2. The van der Waals surface area contributed by atoms with Gasteiger partial charge in [0.15, 0.2) is 0 Å². The van der Waals surface area contributed by atoms with E-state index in [2.05, 4.69) is 127 Å². The molecule has 6 nitrogen and oxygen atoms in total. The summed E-state index contributed by atoms with van der Waals surface area (Å²) < 4.78 is 0. The van der Waals surface area contributed by atoms with Crippen LogP contribution in [0.25, 0.3) is 0 Å². The van der Waals surface area contributed by atoms with E-state index in [4.69, 9.17) is 0 Å². The van der Waals surface area contributed by atoms with Gasteiger partial charge in [0.1, 0.15) is 11.5 Å². The topological polar surface area (TPSA) is 88.6 Å². The molecule has 4 aromatic rings. The van der Waals surface area contributed by atoms with Gasteiger partial charge in [-0.3, -0.25) is 0 Å². The van der Waals surface area contributed by atoms with Gasteiger partial charge in [0.2, 0.25) is 0 Å². The molecule has 1 aliphatic rings. The van der Waals surface area contributed by atoms with Gasteiger partial charge in [-0.15, -0.1) is 0 Å². The van der Waals surface area contributed by atoms with Crippen molar-refractivity contribution >= 4 is 0 Å². The second-order valence-electron chi connectivity index (χ2n) is 17.7. The molecule has 288 valence electrons. The molecule has 4 aromatic carbocycles. The van der Waals surface area contributed by atoms with Crippen molar-refractivity contribution in [2.75, 3.05) is 26.2 Å². The first-order valence-corrected chi connectivity index (χ1v) is 18.7. The Morgan fingerprint density at radius 3 is 0.870 bits per heavy atom. The SMILES string of the molecule is CC1(C)CNCc2cc(C(C)(C)C)cc(c2O)CNCC(C)(C)CNCc2cc(C(C)(C)C)cc(c2O)CNC1.[Zn].[Zn].[c-]1ccccc1.[c-]1ccccc1. The third-order valence-corrected chi connectivity index (χ3v) is 9.16. The van der Waals surface area contributed by atoms with E-state index in [0.29, 0.717) is 37.7 Å². The Morgan fingerprint density at radius 1 is 0.463 bits per heavy atom. The zero-order chi connectivity index (χ0) is 38.4. The minimum absolute atomic E-state index is 0. The molecule has 1 heterocycles. The number of nitrogens with one attached hydrogen (secondary N) is 4. The second-order valence-corrected chi connectivity index (χ2v) is 17.7. The molecule has 8 heteroatoms. The van der Waals surface area contributed by atoms with Gasteiger partial charge in [-0.1, -0.05) is 93.5 Å². The van der Waals surface area contributed by atoms with Crippen LogP contribution < -0.4 is 21.3 Å². The number of benzene rings is 4. The van der Waals surface area contributed by atoms with Crippen molar-refractivity contribution in [1.29, 1.82) is 0 Å². The van der Waals surface area contributed by atoms with Crippen LogP contribution in [0.3, 0.4) is 0 Å². The van der Waals surface area contributed by atoms with E-state index in [1.165, 1.54) is 11.1 Å². The molecule has 0 fully saturated rings. The fraction of sp³-hybridized carbons (Fsp3) is 0.478. The van der Waals surface area contributed by atoms with E-state index in [-0.39, 0.29) is 60.6 Å². The second kappa shape index (κ2) is 23.0. The molecule has 0 aliphatic carbocycles. The Balaban J connectivity index is 0.000000877. The Hall–Kier alpha value is -2.43. The quantitative estimate of drug-likeness (QED) is 0.0785. The minimum atomic E-state index is -0.0182. The minimum Gasteiger partial charge on any atom is -0.507 e. The van der Waals surface area contributed by atoms with Crippen LogP contribution >= 0.6 is 0 Å². The van der Waals surface area contributed by atoms with Crippen LogP contribution in [0.15, 0.2) is 84.9 Å². The summed E-state index contributed by atoms with van der Waals surface area (Å²) in [6, 6.07) is 33.6. The summed E-state index contributed by atoms with van der Waals surface area (Å²) in [5.74, 6) is 0.774. The first-order chi connectivity index (χ1) is 24.4. The molecule has 0 unspecified atom stereocenters. The molecular weight excluding hydrogens is 771 g/mol. The van der Waals surface area contributed by atoms with Crippen molar-refractivity contribution < 1.29 is 49.2 Å². The molecule has 6 N–H and O–H groups in total. The monoisotopic (exact) mass is 834 g/mol. The van der Waals surface area contributed by atoms with Crippen LogP contribution in [0.4, 0.5) is 0 Å². The number of aromatic hydroxyl groups is 2. The molecule has 1 aliphatic heterocycles. The van der Waals surface area contributed by atoms with E-state index in [0.717, 1.165) is 48.4 Å². The summed E-state index contributed by atoms with van der Waals surface area (Å²) in [4.78, 5) is 0. The normalized spacial score (nSPS) is 16.3. The number of hydrogen-bond donors (Lipinski definition) is 6. The maximum Gasteiger partial charge on any atom is 0.124 e. The Bertz CT molecular complexity index is 1390. The average Bonchev–Trinajstić information content (AvgIpc) is 3.08. The van der Waals surface area contributed by atoms with Crippen LogP contribution in [0.1, 0.15) is 103 Å². The fourth-order valence-electron chi connectivity index (χ4n) is 5.88. The zero-order valence-corrected chi connectivity index (χ0v) is 41.0. The van der Waals surface area contributed by atoms with Gasteiger partial charge in [0.25, 0.3) is 0 Å². The zero-order valence-electron chi connectivity index (χ0n) is 35.0. The Kier molecular flexibility index (Phi) is 21.1. The van der Waals surface area contributed by atoms with Gasteiger partial charge < -0.3 is 31.5 Å². The molecule has 0 saturated carbocycles. The van der Waals surface area contributed by atoms with Crippen LogP contribution in [-0.4, -0.2) is 36.4 Å². The summed E-state index contributed by atoms with van der Waals surface area (Å²) in [7, 11) is 0. The Labute approximate surface area is 353 Å². The maximum absolute atomic E-state index is 11.2. The van der Waals surface area contributed by atoms with Crippen molar-refractivity contribution in [1.82, 2.24) is 21.3 Å². The first-order valence-electron chi connectivity index (χ1n) is 18.7. The molecule has 0 amide bonds. The standard InChI is InChI=1S/C34H56N4O2.2C6H5.2Zn/c1-31(2,3)27-11-23-15-35-19-33(7,8)21-37-17-25-13-28(32(4,5)6)14-26(30(25)40)18-38-22-34(9,10)20-36-16-24(12-27)29(23)39;2*1-2-4-6-5-3-1;;/h11-14,35-40H,15-22H2,1-10H3;2*1-5H;;/q;2*-1;;. The van der Waals surface area contributed by atoms with Gasteiger partial charge in [0.05, 0.1) is 0 Å². The molecule has 0 radical (unpaired) electrons. The fourth-order valence-corrected chi connectivity index (χ4v) is 5.88. The van der Waals surface area contributed by atoms with E-state index < -0.39 is 0 Å². The van der Waals surface area contributed by atoms with Crippen molar-refractivity contribution in [2.45, 2.75) is 106 Å². The number of phenols is 2. The largest absolute Gasteiger partial charge is 0.507 e. The van der Waals surface area contributed by atoms with Gasteiger partial charge in [0, 0.05) is 114 Å². The summed E-state index contributed by atoms with van der Waals surface area (Å²) in [6.45, 7) is 27.9. The Morgan fingerprint density at radius 2 is 0.704 bits per heavy atom. The number of rotatable bonds is 0. The number of phenolic OH excluding ortho intramolecular Hbond substituents is 2. The third kappa shape index (κ3) is 17.6. The van der Waals surface area contributed by atoms with E-state index in [9.17, 15) is 10.2 Å². The molecule has 0 atom stereocenters. The van der Waals surface area contributed by atoms with Crippen LogP contribution in [0.2, 0.25) is 0 Å². The van der Waals surface area contributed by atoms with Gasteiger partial charge in [-0.2, -0.15) is 72.8 Å². The van der Waals surface area contributed by atoms with Gasteiger partial charge in [-0.05, 0) is 32.8 Å². The molecule has 0 saturated heterocycles. The summed E-state index contributed by atoms with van der Waals surface area (Å²) in [5.41, 5.74) is 6.19. The van der Waals surface area contributed by atoms with Crippen LogP contribution in [-0.2, 0) is 76.0 Å². The van der Waals surface area contributed by atoms with Crippen molar-refractivity contribution in [2.24, 2.45) is 10.8 Å². The molecule has 5 rings (SSSR count). The van der Waals surface area contributed by atoms with Crippen LogP contribution in [0.5, 0.6) is 11.5 Å². The molecule has 0 spiro atoms. The molecule has 54 heavy (non-hydrogen) atoms. The van der Waals surface area contributed by atoms with Gasteiger partial charge in [-0.25, -0.2) is 0 Å². The van der Waals surface area contributed by atoms with Gasteiger partial charge >= 0.3 is 0 Å². The van der Waals surface area contributed by atoms with Crippen molar-refractivity contribution in [3.63, 3.8) is 0 Å². The van der Waals surface area contributed by atoms with E-state index >= 15 is 0 Å². The smallest absolute Gasteiger partial charge is 0.124 e. The number of hydrogen-bond acceptors (Lipinski definition) is 6. The van der Waals surface area contributed by atoms with E-state index in [1.807, 2.05) is 60.7 Å². The first kappa shape index (κ1) is 49.6. The summed E-state index contributed by atoms with van der Waals surface area (Å²) >= 11 is 0. The predicted octanol–water partition coefficient (Wildman–Crippen LogP) is 8.79. The third-order valence-electron chi connectivity index (χ3n) is 9.16. The molecule has 4 bridgehead atoms. The molecule has 0 aromatic heterocycles. The average molecular weight is 838 g/mol. The predicted molar refractivity (Wildman–Crippen MR) is 219 cm³/mol. The number of fused-ring (bicyclic) bond motifs is 4. The van der Waals surface area contributed by atoms with Crippen molar-refractivity contribution in [3.05, 3.63) is 130 Å². The summed E-state index contributed by atoms with van der Waals surface area (Å²) in [5, 5.41) is 36.9. The van der Waals surface area contributed by atoms with E-state index in [1.54, 1.807) is 0 Å². The summed E-state index contributed by atoms with van der Waals surface area (Å²) in [6.07, 6.45) is 0. The van der Waals surface area contributed by atoms with Crippen LogP contribution in [0, 0.1) is 23.0 Å². The molecular formula is C46H66N4O2Zn2-2.